The maximum atomic E-state index is 5.06. The minimum absolute atomic E-state index is 0.659. The highest BCUT2D eigenvalue weighted by atomic mass is 32.1. The zero-order chi connectivity index (χ0) is 13.7. The van der Waals surface area contributed by atoms with E-state index in [9.17, 15) is 0 Å². The fourth-order valence-corrected chi connectivity index (χ4v) is 2.64. The highest BCUT2D eigenvalue weighted by molar-refractivity contribution is 7.18. The minimum Gasteiger partial charge on any atom is -0.383 e. The summed E-state index contributed by atoms with van der Waals surface area (Å²) < 4.78 is 5.06. The quantitative estimate of drug-likeness (QED) is 0.764. The van der Waals surface area contributed by atoms with Gasteiger partial charge in [0, 0.05) is 25.1 Å². The summed E-state index contributed by atoms with van der Waals surface area (Å²) in [6.45, 7) is 6.49. The molecule has 0 amide bonds. The van der Waals surface area contributed by atoms with Gasteiger partial charge in [0.15, 0.2) is 0 Å². The van der Waals surface area contributed by atoms with Crippen LogP contribution >= 0.6 is 11.3 Å². The topological polar surface area (TPSA) is 59.1 Å². The predicted molar refractivity (Wildman–Crippen MR) is 81.3 cm³/mol. The molecule has 5 nitrogen and oxygen atoms in total. The smallest absolute Gasteiger partial charge is 0.226 e. The molecular weight excluding hydrogens is 260 g/mol. The van der Waals surface area contributed by atoms with Crippen LogP contribution in [0.2, 0.25) is 0 Å². The Kier molecular flexibility index (Phi) is 4.93. The number of ether oxygens (including phenoxy) is 1. The van der Waals surface area contributed by atoms with Crippen LogP contribution in [0, 0.1) is 6.92 Å². The van der Waals surface area contributed by atoms with Crippen LogP contribution in [-0.2, 0) is 4.74 Å². The van der Waals surface area contributed by atoms with Crippen LogP contribution in [0.25, 0.3) is 10.2 Å². The SMILES string of the molecule is CCCNc1nc(NCCOC)c2cc(C)sc2n1. The number of nitrogens with one attached hydrogen (secondary N) is 2. The molecule has 0 aromatic carbocycles. The Morgan fingerprint density at radius 2 is 2.11 bits per heavy atom. The van der Waals surface area contributed by atoms with E-state index in [4.69, 9.17) is 4.74 Å². The molecule has 0 aliphatic rings. The van der Waals surface area contributed by atoms with Gasteiger partial charge in [0.25, 0.3) is 0 Å². The Morgan fingerprint density at radius 1 is 1.26 bits per heavy atom. The zero-order valence-electron chi connectivity index (χ0n) is 11.6. The van der Waals surface area contributed by atoms with Crippen molar-refractivity contribution in [2.75, 3.05) is 37.4 Å². The maximum absolute atomic E-state index is 5.06. The van der Waals surface area contributed by atoms with Crippen molar-refractivity contribution in [3.63, 3.8) is 0 Å². The minimum atomic E-state index is 0.659. The summed E-state index contributed by atoms with van der Waals surface area (Å²) in [6.07, 6.45) is 1.05. The summed E-state index contributed by atoms with van der Waals surface area (Å²) in [5, 5.41) is 7.63. The number of rotatable bonds is 7. The van der Waals surface area contributed by atoms with Gasteiger partial charge in [0.2, 0.25) is 5.95 Å². The molecule has 0 saturated heterocycles. The molecule has 104 valence electrons. The lowest BCUT2D eigenvalue weighted by atomic mass is 10.3. The Balaban J connectivity index is 2.28. The highest BCUT2D eigenvalue weighted by Gasteiger charge is 2.09. The van der Waals surface area contributed by atoms with Gasteiger partial charge in [0.05, 0.1) is 12.0 Å². The molecule has 0 aliphatic heterocycles. The van der Waals surface area contributed by atoms with Crippen LogP contribution in [-0.4, -0.2) is 36.8 Å². The van der Waals surface area contributed by atoms with Crippen molar-refractivity contribution in [1.29, 1.82) is 0 Å². The van der Waals surface area contributed by atoms with Crippen molar-refractivity contribution in [3.05, 3.63) is 10.9 Å². The van der Waals surface area contributed by atoms with Crippen molar-refractivity contribution in [1.82, 2.24) is 9.97 Å². The standard InChI is InChI=1S/C13H20N4OS/c1-4-5-15-13-16-11(14-6-7-18-3)10-8-9(2)19-12(10)17-13/h8H,4-7H2,1-3H3,(H2,14,15,16,17). The lowest BCUT2D eigenvalue weighted by Gasteiger charge is -2.09. The average molecular weight is 280 g/mol. The third-order valence-corrected chi connectivity index (χ3v) is 3.59. The second-order valence-electron chi connectivity index (χ2n) is 4.32. The van der Waals surface area contributed by atoms with Gasteiger partial charge in [-0.1, -0.05) is 6.92 Å². The van der Waals surface area contributed by atoms with E-state index in [1.54, 1.807) is 18.4 Å². The molecule has 2 rings (SSSR count). The Bertz CT molecular complexity index is 541. The Hall–Kier alpha value is -1.40. The van der Waals surface area contributed by atoms with E-state index in [2.05, 4.69) is 40.5 Å². The second-order valence-corrected chi connectivity index (χ2v) is 5.55. The lowest BCUT2D eigenvalue weighted by Crippen LogP contribution is -2.11. The molecule has 0 unspecified atom stereocenters. The molecule has 0 bridgehead atoms. The first-order chi connectivity index (χ1) is 9.24. The largest absolute Gasteiger partial charge is 0.383 e. The first kappa shape index (κ1) is 14.0. The summed E-state index contributed by atoms with van der Waals surface area (Å²) in [7, 11) is 1.69. The van der Waals surface area contributed by atoms with Crippen LogP contribution in [0.4, 0.5) is 11.8 Å². The monoisotopic (exact) mass is 280 g/mol. The molecule has 19 heavy (non-hydrogen) atoms. The summed E-state index contributed by atoms with van der Waals surface area (Å²) in [4.78, 5) is 11.4. The average Bonchev–Trinajstić information content (AvgIpc) is 2.77. The Labute approximate surface area is 117 Å². The number of anilines is 2. The summed E-state index contributed by atoms with van der Waals surface area (Å²) >= 11 is 1.69. The molecule has 0 saturated carbocycles. The molecule has 6 heteroatoms. The van der Waals surface area contributed by atoms with E-state index in [1.165, 1.54) is 4.88 Å². The third-order valence-electron chi connectivity index (χ3n) is 2.65. The summed E-state index contributed by atoms with van der Waals surface area (Å²) in [6, 6.07) is 2.12. The summed E-state index contributed by atoms with van der Waals surface area (Å²) in [5.74, 6) is 1.57. The molecule has 2 heterocycles. The van der Waals surface area contributed by atoms with Gasteiger partial charge in [-0.3, -0.25) is 0 Å². The van der Waals surface area contributed by atoms with E-state index in [1.807, 2.05) is 0 Å². The molecule has 0 aliphatic carbocycles. The number of nitrogens with zero attached hydrogens (tertiary/aromatic N) is 2. The van der Waals surface area contributed by atoms with Gasteiger partial charge in [-0.2, -0.15) is 4.98 Å². The fourth-order valence-electron chi connectivity index (χ4n) is 1.76. The zero-order valence-corrected chi connectivity index (χ0v) is 12.4. The molecule has 0 radical (unpaired) electrons. The van der Waals surface area contributed by atoms with E-state index in [0.717, 1.165) is 35.5 Å². The van der Waals surface area contributed by atoms with E-state index in [-0.39, 0.29) is 0 Å². The van der Waals surface area contributed by atoms with Crippen LogP contribution in [0.3, 0.4) is 0 Å². The fraction of sp³-hybridized carbons (Fsp3) is 0.538. The van der Waals surface area contributed by atoms with Crippen molar-refractivity contribution < 1.29 is 4.74 Å². The number of thiophene rings is 1. The lowest BCUT2D eigenvalue weighted by molar-refractivity contribution is 0.210. The maximum Gasteiger partial charge on any atom is 0.226 e. The van der Waals surface area contributed by atoms with Gasteiger partial charge in [0.1, 0.15) is 10.6 Å². The number of hydrogen-bond acceptors (Lipinski definition) is 6. The van der Waals surface area contributed by atoms with Gasteiger partial charge >= 0.3 is 0 Å². The van der Waals surface area contributed by atoms with Crippen molar-refractivity contribution in [3.8, 4) is 0 Å². The highest BCUT2D eigenvalue weighted by Crippen LogP contribution is 2.29. The summed E-state index contributed by atoms with van der Waals surface area (Å²) in [5.41, 5.74) is 0. The van der Waals surface area contributed by atoms with Gasteiger partial charge in [-0.25, -0.2) is 4.98 Å². The first-order valence-corrected chi connectivity index (χ1v) is 7.31. The number of hydrogen-bond donors (Lipinski definition) is 2. The van der Waals surface area contributed by atoms with E-state index >= 15 is 0 Å². The van der Waals surface area contributed by atoms with E-state index in [0.29, 0.717) is 12.6 Å². The third kappa shape index (κ3) is 3.54. The molecule has 0 spiro atoms. The molecule has 2 N–H and O–H groups in total. The van der Waals surface area contributed by atoms with Crippen LogP contribution in [0.1, 0.15) is 18.2 Å². The predicted octanol–water partition coefficient (Wildman–Crippen LogP) is 2.88. The number of methoxy groups -OCH3 is 1. The Morgan fingerprint density at radius 3 is 2.84 bits per heavy atom. The van der Waals surface area contributed by atoms with Crippen LogP contribution in [0.15, 0.2) is 6.07 Å². The number of aryl methyl sites for hydroxylation is 1. The second kappa shape index (κ2) is 6.68. The molecule has 2 aromatic rings. The van der Waals surface area contributed by atoms with E-state index < -0.39 is 0 Å². The first-order valence-electron chi connectivity index (χ1n) is 6.49. The van der Waals surface area contributed by atoms with Gasteiger partial charge in [-0.15, -0.1) is 11.3 Å². The molecule has 2 aromatic heterocycles. The van der Waals surface area contributed by atoms with Crippen molar-refractivity contribution in [2.45, 2.75) is 20.3 Å². The number of aromatic nitrogens is 2. The van der Waals surface area contributed by atoms with Crippen LogP contribution in [0.5, 0.6) is 0 Å². The molecule has 0 atom stereocenters. The van der Waals surface area contributed by atoms with Crippen LogP contribution < -0.4 is 10.6 Å². The molecular formula is C13H20N4OS. The van der Waals surface area contributed by atoms with Gasteiger partial charge < -0.3 is 15.4 Å². The van der Waals surface area contributed by atoms with Gasteiger partial charge in [-0.05, 0) is 19.4 Å². The normalized spacial score (nSPS) is 10.9. The van der Waals surface area contributed by atoms with Crippen molar-refractivity contribution in [2.24, 2.45) is 0 Å². The molecule has 0 fully saturated rings. The number of fused-ring (bicyclic) bond motifs is 1. The van der Waals surface area contributed by atoms with Crippen molar-refractivity contribution >= 4 is 33.3 Å².